The maximum Gasteiger partial charge on any atom is 0.513 e. The number of methoxy groups -OCH3 is 1. The molecule has 0 aromatic heterocycles. The highest BCUT2D eigenvalue weighted by atomic mass is 16.7. The van der Waals surface area contributed by atoms with Crippen LogP contribution >= 0.6 is 0 Å². The molecule has 5 aromatic carbocycles. The predicted octanol–water partition coefficient (Wildman–Crippen LogP) is 9.21. The Morgan fingerprint density at radius 1 is 0.574 bits per heavy atom. The first-order chi connectivity index (χ1) is 22.7. The molecule has 0 N–H and O–H groups in total. The molecule has 7 heteroatoms. The van der Waals surface area contributed by atoms with Crippen LogP contribution in [0.15, 0.2) is 121 Å². The Bertz CT molecular complexity index is 1740. The van der Waals surface area contributed by atoms with Gasteiger partial charge in [-0.15, -0.1) is 0 Å². The maximum atomic E-state index is 12.2. The van der Waals surface area contributed by atoms with Crippen molar-refractivity contribution in [2.24, 2.45) is 0 Å². The fraction of sp³-hybridized carbons (Fsp3) is 0.200. The van der Waals surface area contributed by atoms with E-state index < -0.39 is 17.5 Å². The highest BCUT2D eigenvalue weighted by Crippen LogP contribution is 2.42. The Kier molecular flexibility index (Phi) is 10.3. The van der Waals surface area contributed by atoms with Crippen LogP contribution in [0, 0.1) is 13.8 Å². The zero-order valence-corrected chi connectivity index (χ0v) is 27.4. The number of ether oxygens (including phenoxy) is 4. The molecule has 0 heterocycles. The summed E-state index contributed by atoms with van der Waals surface area (Å²) in [5, 5.41) is 0. The molecule has 47 heavy (non-hydrogen) atoms. The molecule has 0 fully saturated rings. The van der Waals surface area contributed by atoms with E-state index in [2.05, 4.69) is 111 Å². The van der Waals surface area contributed by atoms with E-state index in [1.165, 1.54) is 18.1 Å². The van der Waals surface area contributed by atoms with Crippen molar-refractivity contribution < 1.29 is 28.5 Å². The number of aryl methyl sites for hydroxylation is 2. The van der Waals surface area contributed by atoms with Gasteiger partial charge in [0.2, 0.25) is 0 Å². The number of carbonyl (C=O) groups is 2. The Morgan fingerprint density at radius 2 is 0.957 bits per heavy atom. The van der Waals surface area contributed by atoms with Gasteiger partial charge in [0.25, 0.3) is 0 Å². The fourth-order valence-corrected chi connectivity index (χ4v) is 5.50. The van der Waals surface area contributed by atoms with Crippen molar-refractivity contribution in [3.63, 3.8) is 0 Å². The topological polar surface area (TPSA) is 74.3 Å². The molecule has 0 saturated heterocycles. The van der Waals surface area contributed by atoms with Gasteiger partial charge in [-0.1, -0.05) is 71.8 Å². The predicted molar refractivity (Wildman–Crippen MR) is 184 cm³/mol. The van der Waals surface area contributed by atoms with Crippen molar-refractivity contribution in [3.8, 4) is 11.5 Å². The normalized spacial score (nSPS) is 12.0. The number of rotatable bonds is 11. The van der Waals surface area contributed by atoms with Crippen LogP contribution in [0.2, 0.25) is 0 Å². The van der Waals surface area contributed by atoms with Gasteiger partial charge in [0.1, 0.15) is 24.7 Å². The molecule has 1 unspecified atom stereocenters. The van der Waals surface area contributed by atoms with Gasteiger partial charge in [-0.2, -0.15) is 0 Å². The summed E-state index contributed by atoms with van der Waals surface area (Å²) in [6, 6.07) is 41.2. The molecular weight excluding hydrogens is 590 g/mol. The van der Waals surface area contributed by atoms with E-state index in [1.807, 2.05) is 24.3 Å². The van der Waals surface area contributed by atoms with E-state index in [9.17, 15) is 9.59 Å². The van der Waals surface area contributed by atoms with Crippen molar-refractivity contribution >= 4 is 29.2 Å². The number of hydrogen-bond acceptors (Lipinski definition) is 7. The highest BCUT2D eigenvalue weighted by Gasteiger charge is 2.32. The number of nitrogens with zero attached hydrogens (tertiary/aromatic N) is 1. The van der Waals surface area contributed by atoms with Crippen LogP contribution in [-0.2, 0) is 19.7 Å². The second-order valence-corrected chi connectivity index (χ2v) is 11.5. The fourth-order valence-electron chi connectivity index (χ4n) is 5.50. The molecule has 1 atom stereocenters. The van der Waals surface area contributed by atoms with Crippen molar-refractivity contribution in [3.05, 3.63) is 149 Å². The molecule has 5 rings (SSSR count). The Balaban J connectivity index is 1.48. The Morgan fingerprint density at radius 3 is 1.38 bits per heavy atom. The summed E-state index contributed by atoms with van der Waals surface area (Å²) < 4.78 is 20.6. The molecule has 0 spiro atoms. The van der Waals surface area contributed by atoms with Gasteiger partial charge in [-0.25, -0.2) is 4.79 Å². The van der Waals surface area contributed by atoms with Crippen molar-refractivity contribution in [2.75, 3.05) is 25.2 Å². The molecule has 0 bridgehead atoms. The first-order valence-electron chi connectivity index (χ1n) is 15.4. The van der Waals surface area contributed by atoms with E-state index in [1.54, 1.807) is 19.2 Å². The minimum atomic E-state index is -0.870. The zero-order chi connectivity index (χ0) is 33.4. The lowest BCUT2D eigenvalue weighted by molar-refractivity contribution is -0.142. The molecule has 0 aliphatic carbocycles. The summed E-state index contributed by atoms with van der Waals surface area (Å²) in [7, 11) is 1.65. The molecule has 7 nitrogen and oxygen atoms in total. The molecule has 0 aliphatic rings. The van der Waals surface area contributed by atoms with Crippen LogP contribution in [0.1, 0.15) is 41.7 Å². The minimum Gasteiger partial charge on any atom is -0.497 e. The van der Waals surface area contributed by atoms with Crippen LogP contribution in [-0.4, -0.2) is 32.4 Å². The molecule has 5 aromatic rings. The van der Waals surface area contributed by atoms with Crippen molar-refractivity contribution in [2.45, 2.75) is 33.1 Å². The average Bonchev–Trinajstić information content (AvgIpc) is 3.09. The van der Waals surface area contributed by atoms with Gasteiger partial charge >= 0.3 is 12.1 Å². The largest absolute Gasteiger partial charge is 0.513 e. The summed E-state index contributed by atoms with van der Waals surface area (Å²) in [5.41, 5.74) is 8.18. The van der Waals surface area contributed by atoms with Crippen LogP contribution in [0.3, 0.4) is 0 Å². The quantitative estimate of drug-likeness (QED) is 0.0624. The third-order valence-corrected chi connectivity index (χ3v) is 8.20. The van der Waals surface area contributed by atoms with Crippen LogP contribution in [0.25, 0.3) is 0 Å². The molecule has 0 aliphatic heterocycles. The second kappa shape index (κ2) is 14.7. The minimum absolute atomic E-state index is 0.0316. The van der Waals surface area contributed by atoms with E-state index in [0.717, 1.165) is 39.5 Å². The Labute approximate surface area is 276 Å². The summed E-state index contributed by atoms with van der Waals surface area (Å²) in [4.78, 5) is 25.3. The lowest BCUT2D eigenvalue weighted by atomic mass is 9.71. The van der Waals surface area contributed by atoms with Crippen molar-refractivity contribution in [1.29, 1.82) is 0 Å². The Hall–Kier alpha value is -5.56. The first-order valence-corrected chi connectivity index (χ1v) is 15.4. The molecule has 0 saturated carbocycles. The number of esters is 1. The standard InChI is InChI=1S/C40H39NO6/c1-28-6-16-34(17-7-28)41(35-18-8-29(2)9-19-35)36-20-10-31(11-21-36)40(4,32-12-22-37(44-5)23-13-32)33-14-24-38(25-15-33)47-39(43)46-27-26-45-30(3)42/h6-25H,26-27H2,1-5H3. The van der Waals surface area contributed by atoms with Crippen molar-refractivity contribution in [1.82, 2.24) is 0 Å². The molecule has 240 valence electrons. The van der Waals surface area contributed by atoms with Gasteiger partial charge in [-0.05, 0) is 98.1 Å². The number of carbonyl (C=O) groups excluding carboxylic acids is 2. The van der Waals surface area contributed by atoms with Gasteiger partial charge in [0.15, 0.2) is 0 Å². The van der Waals surface area contributed by atoms with E-state index >= 15 is 0 Å². The monoisotopic (exact) mass is 629 g/mol. The van der Waals surface area contributed by atoms with Crippen LogP contribution < -0.4 is 14.4 Å². The zero-order valence-electron chi connectivity index (χ0n) is 27.4. The summed E-state index contributed by atoms with van der Waals surface area (Å²) in [5.74, 6) is 0.668. The van der Waals surface area contributed by atoms with Gasteiger partial charge in [0.05, 0.1) is 7.11 Å². The molecule has 0 amide bonds. The summed E-state index contributed by atoms with van der Waals surface area (Å²) >= 11 is 0. The lowest BCUT2D eigenvalue weighted by Gasteiger charge is -2.33. The third-order valence-electron chi connectivity index (χ3n) is 8.20. The summed E-state index contributed by atoms with van der Waals surface area (Å²) in [6.07, 6.45) is -0.870. The third kappa shape index (κ3) is 7.82. The van der Waals surface area contributed by atoms with E-state index in [0.29, 0.717) is 5.75 Å². The number of hydrogen-bond donors (Lipinski definition) is 0. The molecular formula is C40H39NO6. The number of anilines is 3. The average molecular weight is 630 g/mol. The van der Waals surface area contributed by atoms with E-state index in [-0.39, 0.29) is 13.2 Å². The SMILES string of the molecule is COc1ccc(C(C)(c2ccc(OC(=O)OCCOC(C)=O)cc2)c2ccc(N(c3ccc(C)cc3)c3ccc(C)cc3)cc2)cc1. The first kappa shape index (κ1) is 32.8. The summed E-state index contributed by atoms with van der Waals surface area (Å²) in [6.45, 7) is 7.53. The van der Waals surface area contributed by atoms with Gasteiger partial charge < -0.3 is 23.8 Å². The van der Waals surface area contributed by atoms with Crippen LogP contribution in [0.4, 0.5) is 21.9 Å². The maximum absolute atomic E-state index is 12.2. The van der Waals surface area contributed by atoms with Gasteiger partial charge in [0, 0.05) is 29.4 Å². The van der Waals surface area contributed by atoms with Gasteiger partial charge in [-0.3, -0.25) is 4.79 Å². The molecule has 0 radical (unpaired) electrons. The number of benzene rings is 5. The van der Waals surface area contributed by atoms with E-state index in [4.69, 9.17) is 18.9 Å². The highest BCUT2D eigenvalue weighted by molar-refractivity contribution is 5.77. The smallest absolute Gasteiger partial charge is 0.497 e. The second-order valence-electron chi connectivity index (χ2n) is 11.5. The lowest BCUT2D eigenvalue weighted by Crippen LogP contribution is -2.25. The van der Waals surface area contributed by atoms with Crippen LogP contribution in [0.5, 0.6) is 11.5 Å².